The highest BCUT2D eigenvalue weighted by Gasteiger charge is 2.43. The van der Waals surface area contributed by atoms with E-state index in [4.69, 9.17) is 5.73 Å². The predicted molar refractivity (Wildman–Crippen MR) is 196 cm³/mol. The number of carbonyl (C=O) groups excluding carboxylic acids is 6. The summed E-state index contributed by atoms with van der Waals surface area (Å²) in [5, 5.41) is 28.6. The molecule has 0 aromatic heterocycles. The number of carboxylic acids is 1. The van der Waals surface area contributed by atoms with Crippen LogP contribution in [0.15, 0.2) is 0 Å². The molecule has 16 nitrogen and oxygen atoms in total. The molecule has 0 bridgehead atoms. The van der Waals surface area contributed by atoms with E-state index in [1.54, 1.807) is 0 Å². The lowest BCUT2D eigenvalue weighted by atomic mass is 10.0. The summed E-state index contributed by atoms with van der Waals surface area (Å²) >= 11 is 0. The van der Waals surface area contributed by atoms with Crippen molar-refractivity contribution in [1.29, 1.82) is 0 Å². The maximum Gasteiger partial charge on any atom is 0.326 e. The SMILES string of the molecule is CC(C)CC(N)C(=O)N1CCCC1C(=O)NC(CC(C)C)C(=O)NC(C(=O)N1CCCC1C(=O)NC(CC(C)C)C(=O)N1CCCC1C(=O)O)C(C)O. The number of aliphatic carboxylic acids is 1. The van der Waals surface area contributed by atoms with Crippen LogP contribution in [0.5, 0.6) is 0 Å². The van der Waals surface area contributed by atoms with Crippen molar-refractivity contribution in [3.63, 3.8) is 0 Å². The van der Waals surface area contributed by atoms with Gasteiger partial charge in [-0.05, 0) is 82.5 Å². The van der Waals surface area contributed by atoms with E-state index in [0.29, 0.717) is 45.1 Å². The Kier molecular flexibility index (Phi) is 16.1. The van der Waals surface area contributed by atoms with Crippen molar-refractivity contribution in [2.45, 2.75) is 155 Å². The number of hydrogen-bond acceptors (Lipinski definition) is 9. The maximum absolute atomic E-state index is 14.0. The first-order valence-corrected chi connectivity index (χ1v) is 19.3. The van der Waals surface area contributed by atoms with Crippen LogP contribution in [0.4, 0.5) is 0 Å². The standard InChI is InChI=1S/C37H63N7O9/c1-20(2)17-24(38)34(49)42-14-8-11-27(42)32(47)39-25(18-21(3)4)31(46)41-30(23(7)45)36(51)43-15-9-12-28(43)33(48)40-26(19-22(5)6)35(50)44-16-10-13-29(44)37(52)53/h20-30,45H,8-19,38H2,1-7H3,(H,39,47)(H,40,48)(H,41,46)(H,52,53). The number of nitrogens with zero attached hydrogens (tertiary/aromatic N) is 3. The normalized spacial score (nSPS) is 23.2. The molecular weight excluding hydrogens is 686 g/mol. The Morgan fingerprint density at radius 2 is 1.02 bits per heavy atom. The Morgan fingerprint density at radius 1 is 0.604 bits per heavy atom. The molecule has 3 rings (SSSR count). The zero-order chi connectivity index (χ0) is 39.7. The average molecular weight is 750 g/mol. The third-order valence-corrected chi connectivity index (χ3v) is 10.2. The van der Waals surface area contributed by atoms with Crippen molar-refractivity contribution >= 4 is 41.4 Å². The van der Waals surface area contributed by atoms with Gasteiger partial charge in [0.05, 0.1) is 12.1 Å². The molecule has 16 heteroatoms. The van der Waals surface area contributed by atoms with E-state index in [2.05, 4.69) is 16.0 Å². The van der Waals surface area contributed by atoms with Gasteiger partial charge in [-0.2, -0.15) is 0 Å². The smallest absolute Gasteiger partial charge is 0.326 e. The molecule has 0 aromatic carbocycles. The molecule has 0 aromatic rings. The Labute approximate surface area is 313 Å². The number of aliphatic hydroxyl groups is 1. The molecule has 3 heterocycles. The van der Waals surface area contributed by atoms with Gasteiger partial charge in [0.2, 0.25) is 35.4 Å². The topological polar surface area (TPSA) is 232 Å². The first kappa shape index (κ1) is 43.6. The molecule has 300 valence electrons. The van der Waals surface area contributed by atoms with Crippen molar-refractivity contribution < 1.29 is 43.8 Å². The van der Waals surface area contributed by atoms with Crippen LogP contribution in [-0.2, 0) is 33.6 Å². The monoisotopic (exact) mass is 749 g/mol. The Hall–Kier alpha value is -3.79. The molecular formula is C37H63N7O9. The van der Waals surface area contributed by atoms with Crippen LogP contribution in [0.2, 0.25) is 0 Å². The zero-order valence-corrected chi connectivity index (χ0v) is 32.5. The molecule has 0 saturated carbocycles. The summed E-state index contributed by atoms with van der Waals surface area (Å²) in [7, 11) is 0. The fraction of sp³-hybridized carbons (Fsp3) is 0.811. The van der Waals surface area contributed by atoms with Gasteiger partial charge in [-0.3, -0.25) is 28.8 Å². The predicted octanol–water partition coefficient (Wildman–Crippen LogP) is 0.345. The molecule has 6 amide bonds. The molecule has 0 radical (unpaired) electrons. The molecule has 8 unspecified atom stereocenters. The molecule has 3 aliphatic rings. The number of carbonyl (C=O) groups is 7. The second-order valence-electron chi connectivity index (χ2n) is 16.3. The van der Waals surface area contributed by atoms with E-state index < -0.39 is 83.9 Å². The van der Waals surface area contributed by atoms with Gasteiger partial charge < -0.3 is 46.6 Å². The van der Waals surface area contributed by atoms with E-state index in [9.17, 15) is 43.8 Å². The van der Waals surface area contributed by atoms with E-state index in [1.807, 2.05) is 41.5 Å². The Bertz CT molecular complexity index is 1340. The van der Waals surface area contributed by atoms with Crippen LogP contribution >= 0.6 is 0 Å². The average Bonchev–Trinajstić information content (AvgIpc) is 3.85. The highest BCUT2D eigenvalue weighted by molar-refractivity contribution is 5.97. The summed E-state index contributed by atoms with van der Waals surface area (Å²) in [6.07, 6.45) is 2.22. The molecule has 0 spiro atoms. The van der Waals surface area contributed by atoms with Crippen molar-refractivity contribution in [1.82, 2.24) is 30.7 Å². The lowest BCUT2D eigenvalue weighted by Gasteiger charge is -2.33. The largest absolute Gasteiger partial charge is 0.480 e. The van der Waals surface area contributed by atoms with E-state index in [-0.39, 0.29) is 56.0 Å². The van der Waals surface area contributed by atoms with Gasteiger partial charge in [-0.15, -0.1) is 0 Å². The molecule has 3 fully saturated rings. The Balaban J connectivity index is 1.74. The maximum atomic E-state index is 14.0. The molecule has 7 N–H and O–H groups in total. The van der Waals surface area contributed by atoms with Gasteiger partial charge in [0.15, 0.2) is 0 Å². The lowest BCUT2D eigenvalue weighted by molar-refractivity contribution is -0.150. The number of nitrogens with two attached hydrogens (primary N) is 1. The summed E-state index contributed by atoms with van der Waals surface area (Å²) < 4.78 is 0. The zero-order valence-electron chi connectivity index (χ0n) is 32.5. The van der Waals surface area contributed by atoms with Gasteiger partial charge in [0.25, 0.3) is 0 Å². The van der Waals surface area contributed by atoms with Crippen molar-refractivity contribution in [3.05, 3.63) is 0 Å². The minimum Gasteiger partial charge on any atom is -0.480 e. The number of nitrogens with one attached hydrogen (secondary N) is 3. The molecule has 53 heavy (non-hydrogen) atoms. The number of likely N-dealkylation sites (tertiary alicyclic amines) is 3. The van der Waals surface area contributed by atoms with Crippen LogP contribution in [0.3, 0.4) is 0 Å². The summed E-state index contributed by atoms with van der Waals surface area (Å²) in [5.41, 5.74) is 6.16. The van der Waals surface area contributed by atoms with Crippen molar-refractivity contribution in [2.24, 2.45) is 23.5 Å². The van der Waals surface area contributed by atoms with Gasteiger partial charge in [-0.1, -0.05) is 41.5 Å². The summed E-state index contributed by atoms with van der Waals surface area (Å²) in [4.78, 5) is 97.6. The number of aliphatic hydroxyl groups excluding tert-OH is 1. The number of amides is 6. The second-order valence-corrected chi connectivity index (χ2v) is 16.3. The van der Waals surface area contributed by atoms with Gasteiger partial charge in [0, 0.05) is 19.6 Å². The summed E-state index contributed by atoms with van der Waals surface area (Å²) in [6.45, 7) is 13.6. The van der Waals surface area contributed by atoms with E-state index >= 15 is 0 Å². The first-order valence-electron chi connectivity index (χ1n) is 19.3. The van der Waals surface area contributed by atoms with Gasteiger partial charge in [0.1, 0.15) is 36.3 Å². The van der Waals surface area contributed by atoms with Gasteiger partial charge >= 0.3 is 5.97 Å². The minimum absolute atomic E-state index is 0.00904. The fourth-order valence-corrected chi connectivity index (χ4v) is 7.67. The van der Waals surface area contributed by atoms with Gasteiger partial charge in [-0.25, -0.2) is 4.79 Å². The van der Waals surface area contributed by atoms with Crippen molar-refractivity contribution in [3.8, 4) is 0 Å². The quantitative estimate of drug-likeness (QED) is 0.119. The molecule has 3 saturated heterocycles. The first-order chi connectivity index (χ1) is 24.8. The van der Waals surface area contributed by atoms with Crippen LogP contribution < -0.4 is 21.7 Å². The third kappa shape index (κ3) is 11.6. The highest BCUT2D eigenvalue weighted by atomic mass is 16.4. The third-order valence-electron chi connectivity index (χ3n) is 10.2. The fourth-order valence-electron chi connectivity index (χ4n) is 7.67. The van der Waals surface area contributed by atoms with E-state index in [1.165, 1.54) is 21.6 Å². The second kappa shape index (κ2) is 19.5. The van der Waals surface area contributed by atoms with Crippen LogP contribution in [0.1, 0.15) is 106 Å². The molecule has 3 aliphatic heterocycles. The molecule has 8 atom stereocenters. The lowest BCUT2D eigenvalue weighted by Crippen LogP contribution is -2.61. The summed E-state index contributed by atoms with van der Waals surface area (Å²) in [6, 6.07) is -7.03. The number of carboxylic acid groups (broad SMARTS) is 1. The highest BCUT2D eigenvalue weighted by Crippen LogP contribution is 2.24. The van der Waals surface area contributed by atoms with E-state index in [0.717, 1.165) is 0 Å². The van der Waals surface area contributed by atoms with Crippen LogP contribution in [0, 0.1) is 17.8 Å². The number of rotatable bonds is 17. The minimum atomic E-state index is -1.45. The summed E-state index contributed by atoms with van der Waals surface area (Å²) in [5.74, 6) is -4.23. The molecule has 0 aliphatic carbocycles. The van der Waals surface area contributed by atoms with Crippen molar-refractivity contribution in [2.75, 3.05) is 19.6 Å². The van der Waals surface area contributed by atoms with Crippen LogP contribution in [0.25, 0.3) is 0 Å². The Morgan fingerprint density at radius 3 is 1.47 bits per heavy atom. The number of hydrogen-bond donors (Lipinski definition) is 6. The van der Waals surface area contributed by atoms with Crippen LogP contribution in [-0.4, -0.2) is 134 Å².